The Morgan fingerprint density at radius 2 is 2.00 bits per heavy atom. The molecule has 1 aromatic carbocycles. The predicted molar refractivity (Wildman–Crippen MR) is 67.2 cm³/mol. The minimum Gasteiger partial charge on any atom is -0.264 e. The van der Waals surface area contributed by atoms with E-state index in [0.717, 1.165) is 11.1 Å². The third-order valence-electron chi connectivity index (χ3n) is 2.64. The van der Waals surface area contributed by atoms with Gasteiger partial charge in [0.2, 0.25) is 0 Å². The first kappa shape index (κ1) is 10.9. The maximum Gasteiger partial charge on any atom is 0.0346 e. The highest BCUT2D eigenvalue weighted by Gasteiger charge is 2.13. The minimum absolute atomic E-state index is 0.173. The molecule has 0 aliphatic heterocycles. The molecule has 0 amide bonds. The van der Waals surface area contributed by atoms with Crippen molar-refractivity contribution in [2.24, 2.45) is 0 Å². The molecule has 1 radical (unpaired) electrons. The lowest BCUT2D eigenvalue weighted by molar-refractivity contribution is 0.590. The Morgan fingerprint density at radius 1 is 1.19 bits per heavy atom. The molecular weight excluding hydrogens is 194 g/mol. The highest BCUT2D eigenvalue weighted by Crippen LogP contribution is 2.26. The minimum atomic E-state index is 0.173. The first-order valence-corrected chi connectivity index (χ1v) is 5.50. The lowest BCUT2D eigenvalue weighted by Gasteiger charge is -2.19. The van der Waals surface area contributed by atoms with E-state index in [0.29, 0.717) is 0 Å². The van der Waals surface area contributed by atoms with Crippen LogP contribution in [0, 0.1) is 6.07 Å². The molecule has 0 saturated carbocycles. The van der Waals surface area contributed by atoms with E-state index in [-0.39, 0.29) is 5.41 Å². The van der Waals surface area contributed by atoms with E-state index in [1.165, 1.54) is 5.56 Å². The van der Waals surface area contributed by atoms with E-state index in [1.54, 1.807) is 6.20 Å². The number of aromatic nitrogens is 1. The SMILES string of the molecule is CC(C)(C)c1cc[c]c(-c2cccnc2)c1. The molecule has 0 aliphatic rings. The molecule has 0 atom stereocenters. The van der Waals surface area contributed by atoms with Gasteiger partial charge in [-0.05, 0) is 34.7 Å². The Kier molecular flexibility index (Phi) is 2.78. The molecule has 16 heavy (non-hydrogen) atoms. The Bertz CT molecular complexity index is 466. The van der Waals surface area contributed by atoms with Gasteiger partial charge >= 0.3 is 0 Å². The molecule has 2 rings (SSSR count). The largest absolute Gasteiger partial charge is 0.264 e. The van der Waals surface area contributed by atoms with Crippen molar-refractivity contribution in [1.82, 2.24) is 4.98 Å². The van der Waals surface area contributed by atoms with Crippen LogP contribution in [0.5, 0.6) is 0 Å². The fourth-order valence-electron chi connectivity index (χ4n) is 1.62. The van der Waals surface area contributed by atoms with Crippen LogP contribution in [-0.4, -0.2) is 4.98 Å². The average molecular weight is 210 g/mol. The lowest BCUT2D eigenvalue weighted by atomic mass is 9.85. The van der Waals surface area contributed by atoms with Crippen LogP contribution >= 0.6 is 0 Å². The molecule has 0 fully saturated rings. The average Bonchev–Trinajstić information content (AvgIpc) is 2.29. The van der Waals surface area contributed by atoms with Crippen LogP contribution in [0.25, 0.3) is 11.1 Å². The Balaban J connectivity index is 2.45. The van der Waals surface area contributed by atoms with E-state index in [1.807, 2.05) is 18.3 Å². The third kappa shape index (κ3) is 2.30. The van der Waals surface area contributed by atoms with Crippen molar-refractivity contribution in [1.29, 1.82) is 0 Å². The van der Waals surface area contributed by atoms with Crippen molar-refractivity contribution in [2.75, 3.05) is 0 Å². The van der Waals surface area contributed by atoms with Crippen molar-refractivity contribution >= 4 is 0 Å². The number of rotatable bonds is 1. The van der Waals surface area contributed by atoms with Crippen LogP contribution in [0.2, 0.25) is 0 Å². The number of hydrogen-bond acceptors (Lipinski definition) is 1. The van der Waals surface area contributed by atoms with Gasteiger partial charge in [0.25, 0.3) is 0 Å². The Morgan fingerprint density at radius 3 is 2.62 bits per heavy atom. The highest BCUT2D eigenvalue weighted by molar-refractivity contribution is 5.62. The molecule has 1 heteroatoms. The summed E-state index contributed by atoms with van der Waals surface area (Å²) in [7, 11) is 0. The zero-order chi connectivity index (χ0) is 11.6. The van der Waals surface area contributed by atoms with Crippen molar-refractivity contribution in [2.45, 2.75) is 26.2 Å². The molecule has 1 heterocycles. The summed E-state index contributed by atoms with van der Waals surface area (Å²) < 4.78 is 0. The van der Waals surface area contributed by atoms with Crippen LogP contribution < -0.4 is 0 Å². The quantitative estimate of drug-likeness (QED) is 0.696. The fraction of sp³-hybridized carbons (Fsp3) is 0.267. The van der Waals surface area contributed by atoms with E-state index < -0.39 is 0 Å². The highest BCUT2D eigenvalue weighted by atomic mass is 14.6. The molecule has 0 saturated heterocycles. The molecule has 0 unspecified atom stereocenters. The van der Waals surface area contributed by atoms with Gasteiger partial charge < -0.3 is 0 Å². The van der Waals surface area contributed by atoms with Gasteiger partial charge in [0, 0.05) is 18.0 Å². The van der Waals surface area contributed by atoms with Gasteiger partial charge in [0.15, 0.2) is 0 Å². The van der Waals surface area contributed by atoms with Gasteiger partial charge in [-0.1, -0.05) is 39.0 Å². The van der Waals surface area contributed by atoms with Crippen LogP contribution in [0.15, 0.2) is 42.7 Å². The number of hydrogen-bond donors (Lipinski definition) is 0. The summed E-state index contributed by atoms with van der Waals surface area (Å²) in [6, 6.07) is 13.6. The second-order valence-corrected chi connectivity index (χ2v) is 4.98. The maximum absolute atomic E-state index is 4.13. The predicted octanol–water partition coefficient (Wildman–Crippen LogP) is 3.85. The van der Waals surface area contributed by atoms with E-state index in [9.17, 15) is 0 Å². The van der Waals surface area contributed by atoms with E-state index in [2.05, 4.69) is 50.0 Å². The standard InChI is InChI=1S/C15H16N/c1-15(2,3)14-8-4-6-12(10-14)13-7-5-9-16-11-13/h4-5,7-11H,1-3H3. The van der Waals surface area contributed by atoms with Gasteiger partial charge in [-0.25, -0.2) is 0 Å². The Hall–Kier alpha value is -1.63. The summed E-state index contributed by atoms with van der Waals surface area (Å²) in [5, 5.41) is 0. The number of pyridine rings is 1. The van der Waals surface area contributed by atoms with Crippen LogP contribution in [0.1, 0.15) is 26.3 Å². The second-order valence-electron chi connectivity index (χ2n) is 4.98. The van der Waals surface area contributed by atoms with E-state index in [4.69, 9.17) is 0 Å². The van der Waals surface area contributed by atoms with Crippen molar-refractivity contribution in [3.05, 3.63) is 54.4 Å². The third-order valence-corrected chi connectivity index (χ3v) is 2.64. The zero-order valence-electron chi connectivity index (χ0n) is 9.99. The lowest BCUT2D eigenvalue weighted by Crippen LogP contribution is -2.10. The van der Waals surface area contributed by atoms with Gasteiger partial charge in [0.05, 0.1) is 0 Å². The summed E-state index contributed by atoms with van der Waals surface area (Å²) in [6.07, 6.45) is 3.66. The van der Waals surface area contributed by atoms with Gasteiger partial charge in [-0.2, -0.15) is 0 Å². The van der Waals surface area contributed by atoms with Crippen LogP contribution in [-0.2, 0) is 5.41 Å². The smallest absolute Gasteiger partial charge is 0.0346 e. The zero-order valence-corrected chi connectivity index (χ0v) is 9.99. The molecule has 1 nitrogen and oxygen atoms in total. The summed E-state index contributed by atoms with van der Waals surface area (Å²) in [6.45, 7) is 6.65. The molecule has 81 valence electrons. The van der Waals surface area contributed by atoms with Crippen LogP contribution in [0.3, 0.4) is 0 Å². The van der Waals surface area contributed by atoms with Crippen molar-refractivity contribution in [3.63, 3.8) is 0 Å². The Labute approximate surface area is 97.2 Å². The normalized spacial score (nSPS) is 11.4. The van der Waals surface area contributed by atoms with Gasteiger partial charge in [0.1, 0.15) is 0 Å². The molecule has 0 bridgehead atoms. The van der Waals surface area contributed by atoms with Crippen LogP contribution in [0.4, 0.5) is 0 Å². The van der Waals surface area contributed by atoms with E-state index >= 15 is 0 Å². The number of benzene rings is 1. The molecule has 0 spiro atoms. The topological polar surface area (TPSA) is 12.9 Å². The molecule has 1 aromatic heterocycles. The first-order chi connectivity index (χ1) is 7.57. The van der Waals surface area contributed by atoms with Crippen molar-refractivity contribution < 1.29 is 0 Å². The van der Waals surface area contributed by atoms with Crippen molar-refractivity contribution in [3.8, 4) is 11.1 Å². The molecule has 2 aromatic rings. The molecule has 0 N–H and O–H groups in total. The molecular formula is C15H16N. The molecule has 0 aliphatic carbocycles. The summed E-state index contributed by atoms with van der Waals surface area (Å²) in [5.41, 5.74) is 3.73. The summed E-state index contributed by atoms with van der Waals surface area (Å²) >= 11 is 0. The fourth-order valence-corrected chi connectivity index (χ4v) is 1.62. The number of nitrogens with zero attached hydrogens (tertiary/aromatic N) is 1. The van der Waals surface area contributed by atoms with Gasteiger partial charge in [-0.3, -0.25) is 4.98 Å². The summed E-state index contributed by atoms with van der Waals surface area (Å²) in [5.74, 6) is 0. The summed E-state index contributed by atoms with van der Waals surface area (Å²) in [4.78, 5) is 4.13. The monoisotopic (exact) mass is 210 g/mol. The maximum atomic E-state index is 4.13. The van der Waals surface area contributed by atoms with Gasteiger partial charge in [-0.15, -0.1) is 0 Å². The first-order valence-electron chi connectivity index (χ1n) is 5.50. The second kappa shape index (κ2) is 4.09.